The number of hydrogen-bond acceptors (Lipinski definition) is 8. The summed E-state index contributed by atoms with van der Waals surface area (Å²) in [4.78, 5) is 35.2. The van der Waals surface area contributed by atoms with Gasteiger partial charge in [0, 0.05) is 50.5 Å². The minimum atomic E-state index is -0.407. The molecule has 11 heteroatoms. The van der Waals surface area contributed by atoms with Crippen LogP contribution in [-0.4, -0.2) is 66.9 Å². The van der Waals surface area contributed by atoms with Crippen LogP contribution in [0.5, 0.6) is 0 Å². The number of esters is 1. The first-order valence-electron chi connectivity index (χ1n) is 14.5. The number of rotatable bonds is 9. The monoisotopic (exact) mass is 593 g/mol. The summed E-state index contributed by atoms with van der Waals surface area (Å²) >= 11 is 0. The van der Waals surface area contributed by atoms with Crippen molar-refractivity contribution in [2.45, 2.75) is 39.3 Å². The number of fused-ring (bicyclic) bond motifs is 1. The van der Waals surface area contributed by atoms with E-state index in [0.717, 1.165) is 16.7 Å². The van der Waals surface area contributed by atoms with Gasteiger partial charge in [0.05, 0.1) is 31.4 Å². The number of nitrogens with zero attached hydrogens (tertiary/aromatic N) is 4. The Hall–Kier alpha value is -4.09. The maximum atomic E-state index is 13.8. The van der Waals surface area contributed by atoms with E-state index in [9.17, 15) is 18.4 Å². The van der Waals surface area contributed by atoms with Crippen molar-refractivity contribution in [3.05, 3.63) is 98.6 Å². The molecule has 0 saturated carbocycles. The fourth-order valence-corrected chi connectivity index (χ4v) is 6.07. The summed E-state index contributed by atoms with van der Waals surface area (Å²) in [6.07, 6.45) is 0. The number of hydrogen-bond donors (Lipinski definition) is 1. The SMILES string of the molecule is CCOC(=O)C1=C(C)Nc2c(c(N3CCN(C(c4ccc(F)cc4)c4ccc(F)cc4)CC3)nc(=O)n2CCOC)C1C. The number of anilines is 2. The summed E-state index contributed by atoms with van der Waals surface area (Å²) < 4.78 is 39.7. The first-order valence-corrected chi connectivity index (χ1v) is 14.5. The number of methoxy groups -OCH3 is 1. The number of carbonyl (C=O) groups is 1. The Morgan fingerprint density at radius 2 is 1.60 bits per heavy atom. The highest BCUT2D eigenvalue weighted by Crippen LogP contribution is 2.42. The van der Waals surface area contributed by atoms with Gasteiger partial charge in [0.1, 0.15) is 23.3 Å². The van der Waals surface area contributed by atoms with Gasteiger partial charge in [0.2, 0.25) is 0 Å². The van der Waals surface area contributed by atoms with E-state index in [1.165, 1.54) is 24.3 Å². The molecule has 0 amide bonds. The van der Waals surface area contributed by atoms with Gasteiger partial charge in [-0.3, -0.25) is 9.47 Å². The topological polar surface area (TPSA) is 88.9 Å². The average Bonchev–Trinajstić information content (AvgIpc) is 2.99. The molecular formula is C32H37F2N5O4. The Bertz CT molecular complexity index is 1500. The van der Waals surface area contributed by atoms with Crippen LogP contribution in [0.4, 0.5) is 20.4 Å². The number of nitrogens with one attached hydrogen (secondary N) is 1. The van der Waals surface area contributed by atoms with Crippen molar-refractivity contribution in [2.75, 3.05) is 56.7 Å². The zero-order valence-electron chi connectivity index (χ0n) is 24.9. The lowest BCUT2D eigenvalue weighted by Gasteiger charge is -2.41. The van der Waals surface area contributed by atoms with Gasteiger partial charge in [-0.05, 0) is 49.2 Å². The Balaban J connectivity index is 1.48. The third-order valence-corrected chi connectivity index (χ3v) is 8.14. The molecule has 2 aliphatic heterocycles. The third kappa shape index (κ3) is 6.18. The molecule has 0 spiro atoms. The molecule has 9 nitrogen and oxygen atoms in total. The smallest absolute Gasteiger partial charge is 0.351 e. The molecule has 3 aromatic rings. The Morgan fingerprint density at radius 1 is 1.02 bits per heavy atom. The largest absolute Gasteiger partial charge is 0.463 e. The minimum Gasteiger partial charge on any atom is -0.463 e. The number of piperazine rings is 1. The zero-order valence-corrected chi connectivity index (χ0v) is 24.9. The summed E-state index contributed by atoms with van der Waals surface area (Å²) in [5.74, 6) is -0.298. The number of allylic oxidation sites excluding steroid dienone is 1. The van der Waals surface area contributed by atoms with E-state index in [-0.39, 0.29) is 30.2 Å². The van der Waals surface area contributed by atoms with E-state index >= 15 is 0 Å². The predicted molar refractivity (Wildman–Crippen MR) is 160 cm³/mol. The Kier molecular flexibility index (Phi) is 9.22. The van der Waals surface area contributed by atoms with Gasteiger partial charge in [-0.25, -0.2) is 18.4 Å². The van der Waals surface area contributed by atoms with Crippen molar-refractivity contribution in [3.8, 4) is 0 Å². The molecule has 43 heavy (non-hydrogen) atoms. The fraction of sp³-hybridized carbons (Fsp3) is 0.406. The maximum Gasteiger partial charge on any atom is 0.351 e. The van der Waals surface area contributed by atoms with Crippen molar-refractivity contribution in [3.63, 3.8) is 0 Å². The second-order valence-corrected chi connectivity index (χ2v) is 10.8. The van der Waals surface area contributed by atoms with Gasteiger partial charge in [0.25, 0.3) is 0 Å². The predicted octanol–water partition coefficient (Wildman–Crippen LogP) is 4.45. The first kappa shape index (κ1) is 30.4. The van der Waals surface area contributed by atoms with Crippen LogP contribution in [0.25, 0.3) is 0 Å². The van der Waals surface area contributed by atoms with E-state index < -0.39 is 11.7 Å². The number of benzene rings is 2. The van der Waals surface area contributed by atoms with Crippen LogP contribution in [0.1, 0.15) is 49.4 Å². The van der Waals surface area contributed by atoms with E-state index in [2.05, 4.69) is 20.1 Å². The highest BCUT2D eigenvalue weighted by atomic mass is 19.1. The summed E-state index contributed by atoms with van der Waals surface area (Å²) in [5.41, 5.74) is 3.28. The first-order chi connectivity index (χ1) is 20.7. The van der Waals surface area contributed by atoms with E-state index in [4.69, 9.17) is 9.47 Å². The van der Waals surface area contributed by atoms with Crippen LogP contribution in [-0.2, 0) is 20.8 Å². The minimum absolute atomic E-state index is 0.214. The van der Waals surface area contributed by atoms with Crippen LogP contribution in [0.15, 0.2) is 64.6 Å². The molecule has 2 aromatic carbocycles. The quantitative estimate of drug-likeness (QED) is 0.365. The van der Waals surface area contributed by atoms with E-state index in [1.807, 2.05) is 6.92 Å². The molecule has 0 bridgehead atoms. The molecule has 228 valence electrons. The molecular weight excluding hydrogens is 556 g/mol. The van der Waals surface area contributed by atoms with Crippen molar-refractivity contribution in [1.29, 1.82) is 0 Å². The van der Waals surface area contributed by atoms with Gasteiger partial charge in [0.15, 0.2) is 0 Å². The second-order valence-electron chi connectivity index (χ2n) is 10.8. The number of aromatic nitrogens is 2. The fourth-order valence-electron chi connectivity index (χ4n) is 6.07. The molecule has 1 fully saturated rings. The van der Waals surface area contributed by atoms with Gasteiger partial charge in [-0.2, -0.15) is 4.98 Å². The summed E-state index contributed by atoms with van der Waals surface area (Å²) in [7, 11) is 1.57. The zero-order chi connectivity index (χ0) is 30.7. The van der Waals surface area contributed by atoms with Crippen LogP contribution < -0.4 is 15.9 Å². The number of halogens is 2. The van der Waals surface area contributed by atoms with Gasteiger partial charge < -0.3 is 19.7 Å². The lowest BCUT2D eigenvalue weighted by Crippen LogP contribution is -2.49. The van der Waals surface area contributed by atoms with Crippen LogP contribution in [0.3, 0.4) is 0 Å². The second kappa shape index (κ2) is 13.0. The molecule has 1 N–H and O–H groups in total. The molecule has 1 atom stereocenters. The summed E-state index contributed by atoms with van der Waals surface area (Å²) in [5, 5.41) is 3.30. The van der Waals surface area contributed by atoms with Crippen molar-refractivity contribution in [1.82, 2.24) is 14.5 Å². The third-order valence-electron chi connectivity index (χ3n) is 8.14. The van der Waals surface area contributed by atoms with Crippen molar-refractivity contribution < 1.29 is 23.0 Å². The lowest BCUT2D eigenvalue weighted by molar-refractivity contribution is -0.138. The normalized spacial score (nSPS) is 17.2. The highest BCUT2D eigenvalue weighted by molar-refractivity contribution is 5.94. The molecule has 1 saturated heterocycles. The Morgan fingerprint density at radius 3 is 2.14 bits per heavy atom. The van der Waals surface area contributed by atoms with E-state index in [1.54, 1.807) is 49.8 Å². The van der Waals surface area contributed by atoms with Crippen molar-refractivity contribution >= 4 is 17.6 Å². The molecule has 3 heterocycles. The average molecular weight is 594 g/mol. The van der Waals surface area contributed by atoms with Gasteiger partial charge in [-0.15, -0.1) is 0 Å². The molecule has 0 radical (unpaired) electrons. The Labute approximate surface area is 249 Å². The lowest BCUT2D eigenvalue weighted by atomic mass is 9.88. The highest BCUT2D eigenvalue weighted by Gasteiger charge is 2.36. The molecule has 0 aliphatic carbocycles. The van der Waals surface area contributed by atoms with Crippen molar-refractivity contribution in [2.24, 2.45) is 0 Å². The molecule has 5 rings (SSSR count). The maximum absolute atomic E-state index is 13.8. The van der Waals surface area contributed by atoms with Gasteiger partial charge in [-0.1, -0.05) is 31.2 Å². The van der Waals surface area contributed by atoms with E-state index in [0.29, 0.717) is 62.2 Å². The molecule has 1 aromatic heterocycles. The van der Waals surface area contributed by atoms with Crippen LogP contribution in [0, 0.1) is 11.6 Å². The summed E-state index contributed by atoms with van der Waals surface area (Å²) in [6, 6.07) is 12.5. The van der Waals surface area contributed by atoms with Crippen LogP contribution >= 0.6 is 0 Å². The number of carbonyl (C=O) groups excluding carboxylic acids is 1. The molecule has 2 aliphatic rings. The van der Waals surface area contributed by atoms with Crippen LogP contribution in [0.2, 0.25) is 0 Å². The summed E-state index contributed by atoms with van der Waals surface area (Å²) in [6.45, 7) is 8.67. The van der Waals surface area contributed by atoms with Gasteiger partial charge >= 0.3 is 11.7 Å². The standard InChI is InChI=1S/C32H37F2N5O4/c1-5-43-31(40)26-20(2)27-29(36-32(41)39(18-19-42-4)30(27)35-21(26)3)38-16-14-37(15-17-38)28(22-6-10-24(33)11-7-22)23-8-12-25(34)13-9-23/h6-13,20,28,35H,5,14-19H2,1-4H3. The number of ether oxygens (including phenoxy) is 2. The molecule has 1 unspecified atom stereocenters.